The Balaban J connectivity index is 1.95. The van der Waals surface area contributed by atoms with Gasteiger partial charge < -0.3 is 4.74 Å². The van der Waals surface area contributed by atoms with E-state index in [0.717, 1.165) is 23.2 Å². The van der Waals surface area contributed by atoms with Crippen molar-refractivity contribution in [2.45, 2.75) is 79.4 Å². The Morgan fingerprint density at radius 1 is 0.833 bits per heavy atom. The van der Waals surface area contributed by atoms with Crippen molar-refractivity contribution >= 4 is 0 Å². The lowest BCUT2D eigenvalue weighted by atomic mass is 9.72. The predicted molar refractivity (Wildman–Crippen MR) is 126 cm³/mol. The van der Waals surface area contributed by atoms with Crippen LogP contribution in [-0.2, 0) is 16.7 Å². The Morgan fingerprint density at radius 2 is 1.40 bits per heavy atom. The summed E-state index contributed by atoms with van der Waals surface area (Å²) in [7, 11) is 4.38. The molecule has 0 bridgehead atoms. The first-order valence-corrected chi connectivity index (χ1v) is 11.1. The number of benzene rings is 2. The van der Waals surface area contributed by atoms with Crippen molar-refractivity contribution in [3.63, 3.8) is 0 Å². The molecular weight excluding hydrogens is 370 g/mol. The van der Waals surface area contributed by atoms with Crippen LogP contribution in [0, 0.1) is 5.41 Å². The highest BCUT2D eigenvalue weighted by Crippen LogP contribution is 2.36. The summed E-state index contributed by atoms with van der Waals surface area (Å²) in [6, 6.07) is 19.0. The molecule has 2 rings (SSSR count). The average Bonchev–Trinajstić information content (AvgIpc) is 2.60. The summed E-state index contributed by atoms with van der Waals surface area (Å²) < 4.78 is 13.0. The second kappa shape index (κ2) is 9.53. The zero-order chi connectivity index (χ0) is 22.6. The van der Waals surface area contributed by atoms with Crippen molar-refractivity contribution < 1.29 is 14.0 Å². The van der Waals surface area contributed by atoms with Crippen LogP contribution in [0.25, 0.3) is 0 Å². The first kappa shape index (κ1) is 24.4. The van der Waals surface area contributed by atoms with Gasteiger partial charge in [0.15, 0.2) is 6.23 Å². The van der Waals surface area contributed by atoms with Crippen molar-refractivity contribution in [1.29, 1.82) is 0 Å². The molecule has 3 heteroatoms. The van der Waals surface area contributed by atoms with E-state index in [1.165, 1.54) is 11.1 Å². The van der Waals surface area contributed by atoms with Gasteiger partial charge in [-0.25, -0.2) is 0 Å². The molecule has 0 amide bonds. The minimum Gasteiger partial charge on any atom is -0.465 e. The number of hydrogen-bond donors (Lipinski definition) is 0. The van der Waals surface area contributed by atoms with Crippen LogP contribution in [0.4, 0.5) is 0 Å². The molecule has 0 fully saturated rings. The molecule has 0 aromatic heterocycles. The summed E-state index contributed by atoms with van der Waals surface area (Å²) in [5.74, 6) is 0.846. The molecule has 3 nitrogen and oxygen atoms in total. The van der Waals surface area contributed by atoms with Crippen LogP contribution in [0.1, 0.15) is 66.0 Å². The third-order valence-corrected chi connectivity index (χ3v) is 5.72. The standard InChI is InChI=1S/C27H42NO2/c1-21(28(8,9)19-23-13-11-10-12-14-23)29-22(2)30-25-17-15-24(16-18-25)27(6,7)20-26(3,4)5/h10-18,21-22H,19-20H2,1-9H3/q+1. The molecule has 30 heavy (non-hydrogen) atoms. The van der Waals surface area contributed by atoms with E-state index < -0.39 is 0 Å². The fourth-order valence-corrected chi connectivity index (χ4v) is 4.26. The Morgan fingerprint density at radius 3 is 1.93 bits per heavy atom. The number of hydrogen-bond acceptors (Lipinski definition) is 2. The van der Waals surface area contributed by atoms with E-state index in [9.17, 15) is 0 Å². The van der Waals surface area contributed by atoms with Crippen LogP contribution >= 0.6 is 0 Å². The third-order valence-electron chi connectivity index (χ3n) is 5.72. The maximum atomic E-state index is 6.20. The van der Waals surface area contributed by atoms with Crippen LogP contribution in [-0.4, -0.2) is 31.1 Å². The van der Waals surface area contributed by atoms with Crippen LogP contribution in [0.3, 0.4) is 0 Å². The molecule has 0 N–H and O–H groups in total. The van der Waals surface area contributed by atoms with Crippen molar-refractivity contribution in [3.8, 4) is 5.75 Å². The Kier molecular flexibility index (Phi) is 7.76. The predicted octanol–water partition coefficient (Wildman–Crippen LogP) is 6.76. The van der Waals surface area contributed by atoms with Gasteiger partial charge in [0.2, 0.25) is 6.29 Å². The minimum absolute atomic E-state index is 0.00481. The lowest BCUT2D eigenvalue weighted by Gasteiger charge is -2.37. The van der Waals surface area contributed by atoms with E-state index in [0.29, 0.717) is 5.41 Å². The highest BCUT2D eigenvalue weighted by Gasteiger charge is 2.28. The highest BCUT2D eigenvalue weighted by atomic mass is 16.7. The summed E-state index contributed by atoms with van der Waals surface area (Å²) in [6.07, 6.45) is 0.817. The molecule has 0 radical (unpaired) electrons. The monoisotopic (exact) mass is 412 g/mol. The van der Waals surface area contributed by atoms with Crippen molar-refractivity contribution in [2.24, 2.45) is 5.41 Å². The van der Waals surface area contributed by atoms with Crippen LogP contribution < -0.4 is 4.74 Å². The molecule has 2 aromatic carbocycles. The van der Waals surface area contributed by atoms with Gasteiger partial charge in [0, 0.05) is 12.5 Å². The third kappa shape index (κ3) is 7.45. The van der Waals surface area contributed by atoms with E-state index in [2.05, 4.69) is 110 Å². The first-order valence-electron chi connectivity index (χ1n) is 11.1. The van der Waals surface area contributed by atoms with E-state index in [-0.39, 0.29) is 17.9 Å². The van der Waals surface area contributed by atoms with Crippen LogP contribution in [0.5, 0.6) is 5.75 Å². The zero-order valence-corrected chi connectivity index (χ0v) is 20.5. The van der Waals surface area contributed by atoms with E-state index >= 15 is 0 Å². The second-order valence-electron chi connectivity index (χ2n) is 11.0. The average molecular weight is 413 g/mol. The topological polar surface area (TPSA) is 18.5 Å². The van der Waals surface area contributed by atoms with Gasteiger partial charge in [-0.05, 0) is 41.9 Å². The lowest BCUT2D eigenvalue weighted by molar-refractivity contribution is -0.949. The van der Waals surface area contributed by atoms with Gasteiger partial charge in [0.1, 0.15) is 12.3 Å². The maximum Gasteiger partial charge on any atom is 0.202 e. The summed E-state index contributed by atoms with van der Waals surface area (Å²) in [5.41, 5.74) is 3.07. The summed E-state index contributed by atoms with van der Waals surface area (Å²) in [5, 5.41) is 0. The van der Waals surface area contributed by atoms with Crippen molar-refractivity contribution in [1.82, 2.24) is 0 Å². The van der Waals surface area contributed by atoms with Crippen LogP contribution in [0.15, 0.2) is 54.6 Å². The zero-order valence-electron chi connectivity index (χ0n) is 20.5. The van der Waals surface area contributed by atoms with Crippen LogP contribution in [0.2, 0.25) is 0 Å². The number of quaternary nitrogens is 1. The Hall–Kier alpha value is -1.84. The van der Waals surface area contributed by atoms with Gasteiger partial charge in [0.05, 0.1) is 14.1 Å². The molecule has 166 valence electrons. The quantitative estimate of drug-likeness (QED) is 0.334. The molecule has 0 saturated carbocycles. The normalized spacial score (nSPS) is 15.0. The number of nitrogens with zero attached hydrogens (tertiary/aromatic N) is 1. The summed E-state index contributed by atoms with van der Waals surface area (Å²) >= 11 is 0. The van der Waals surface area contributed by atoms with Gasteiger partial charge in [0.25, 0.3) is 0 Å². The highest BCUT2D eigenvalue weighted by molar-refractivity contribution is 5.31. The molecule has 2 atom stereocenters. The molecule has 0 heterocycles. The molecule has 0 saturated heterocycles. The maximum absolute atomic E-state index is 6.20. The van der Waals surface area contributed by atoms with Gasteiger partial charge >= 0.3 is 0 Å². The van der Waals surface area contributed by atoms with E-state index in [4.69, 9.17) is 9.47 Å². The Bertz CT molecular complexity index is 773. The SMILES string of the molecule is CC(Oc1ccc(C(C)(C)CC(C)(C)C)cc1)OC(C)[N+](C)(C)Cc1ccccc1. The smallest absolute Gasteiger partial charge is 0.202 e. The number of ether oxygens (including phenoxy) is 2. The molecular formula is C27H42NO2+. The molecule has 0 aliphatic heterocycles. The van der Waals surface area contributed by atoms with E-state index in [1.54, 1.807) is 0 Å². The van der Waals surface area contributed by atoms with Crippen molar-refractivity contribution in [3.05, 3.63) is 65.7 Å². The largest absolute Gasteiger partial charge is 0.465 e. The molecule has 2 unspecified atom stereocenters. The molecule has 0 aliphatic rings. The minimum atomic E-state index is -0.318. The second-order valence-corrected chi connectivity index (χ2v) is 11.0. The lowest BCUT2D eigenvalue weighted by Crippen LogP contribution is -2.49. The summed E-state index contributed by atoms with van der Waals surface area (Å²) in [6.45, 7) is 16.5. The molecule has 0 spiro atoms. The fraction of sp³-hybridized carbons (Fsp3) is 0.556. The Labute approximate surface area is 184 Å². The van der Waals surface area contributed by atoms with Gasteiger partial charge in [-0.1, -0.05) is 77.1 Å². The van der Waals surface area contributed by atoms with E-state index in [1.807, 2.05) is 6.92 Å². The van der Waals surface area contributed by atoms with Gasteiger partial charge in [-0.2, -0.15) is 0 Å². The number of rotatable bonds is 9. The van der Waals surface area contributed by atoms with Gasteiger partial charge in [-0.15, -0.1) is 0 Å². The summed E-state index contributed by atoms with van der Waals surface area (Å²) in [4.78, 5) is 0. The van der Waals surface area contributed by atoms with Gasteiger partial charge in [-0.3, -0.25) is 9.22 Å². The molecule has 0 aliphatic carbocycles. The fourth-order valence-electron chi connectivity index (χ4n) is 4.26. The first-order chi connectivity index (χ1) is 13.8. The van der Waals surface area contributed by atoms with Crippen molar-refractivity contribution in [2.75, 3.05) is 14.1 Å². The molecule has 2 aromatic rings.